The number of hydrogen-bond donors (Lipinski definition) is 0. The third-order valence-electron chi connectivity index (χ3n) is 24.5. The van der Waals surface area contributed by atoms with Crippen molar-refractivity contribution >= 4 is 120 Å². The summed E-state index contributed by atoms with van der Waals surface area (Å²) >= 11 is 0. The van der Waals surface area contributed by atoms with Gasteiger partial charge >= 0.3 is 0 Å². The van der Waals surface area contributed by atoms with Crippen LogP contribution in [0.3, 0.4) is 0 Å². The Kier molecular flexibility index (Phi) is 18.2. The van der Waals surface area contributed by atoms with Crippen molar-refractivity contribution in [1.29, 1.82) is 0 Å². The number of aromatic nitrogens is 13. The van der Waals surface area contributed by atoms with Gasteiger partial charge in [0.1, 0.15) is 0 Å². The molecule has 0 fully saturated rings. The average molecular weight is 1640 g/mol. The maximum Gasteiger partial charge on any atom is 0.161 e. The summed E-state index contributed by atoms with van der Waals surface area (Å²) in [4.78, 5) is 5.03. The average Bonchev–Trinajstić information content (AvgIpc) is 1.78. The van der Waals surface area contributed by atoms with Crippen molar-refractivity contribution in [1.82, 2.24) is 62.7 Å². The fourth-order valence-corrected chi connectivity index (χ4v) is 17.8. The summed E-state index contributed by atoms with van der Waals surface area (Å²) in [5, 5.41) is 46.1. The van der Waals surface area contributed by atoms with Crippen LogP contribution < -0.4 is 0 Å². The van der Waals surface area contributed by atoms with Crippen molar-refractivity contribution in [3.63, 3.8) is 0 Å². The Morgan fingerprint density at radius 1 is 0.164 bits per heavy atom. The lowest BCUT2D eigenvalue weighted by atomic mass is 9.97. The number of pyridine rings is 5. The highest BCUT2D eigenvalue weighted by molar-refractivity contribution is 5.99. The van der Waals surface area contributed by atoms with E-state index in [0.717, 1.165) is 128 Å². The first kappa shape index (κ1) is 74.3. The molecule has 0 amide bonds. The van der Waals surface area contributed by atoms with Crippen LogP contribution in [0.4, 0.5) is 0 Å². The van der Waals surface area contributed by atoms with Gasteiger partial charge in [-0.05, 0) is 150 Å². The van der Waals surface area contributed by atoms with E-state index >= 15 is 0 Å². The summed E-state index contributed by atoms with van der Waals surface area (Å²) in [6.45, 7) is 0. The summed E-state index contributed by atoms with van der Waals surface area (Å²) in [6, 6.07) is 151. The first-order chi connectivity index (χ1) is 63.3. The minimum Gasteiger partial charge on any atom is -0.240 e. The minimum absolute atomic E-state index is 0.814. The third-order valence-corrected chi connectivity index (χ3v) is 24.5. The van der Waals surface area contributed by atoms with Gasteiger partial charge in [-0.25, -0.2) is 32.1 Å². The maximum atomic E-state index is 5.03. The molecule has 0 spiro atoms. The van der Waals surface area contributed by atoms with Crippen LogP contribution in [0.2, 0.25) is 0 Å². The van der Waals surface area contributed by atoms with E-state index in [4.69, 9.17) is 35.6 Å². The van der Waals surface area contributed by atoms with Gasteiger partial charge < -0.3 is 0 Å². The normalized spacial score (nSPS) is 11.6. The molecular weight excluding hydrogens is 1560 g/mol. The Morgan fingerprint density at radius 2 is 0.500 bits per heavy atom. The second-order valence-electron chi connectivity index (χ2n) is 32.5. The number of para-hydroxylation sites is 2. The largest absolute Gasteiger partial charge is 0.240 e. The van der Waals surface area contributed by atoms with Gasteiger partial charge in [-0.15, -0.1) is 0 Å². The first-order valence-corrected chi connectivity index (χ1v) is 42.9. The molecule has 0 bridgehead atoms. The van der Waals surface area contributed by atoms with Crippen molar-refractivity contribution in [3.05, 3.63) is 455 Å². The molecule has 0 aliphatic rings. The monoisotopic (exact) mass is 1640 g/mol. The van der Waals surface area contributed by atoms with E-state index in [0.29, 0.717) is 0 Å². The minimum atomic E-state index is 0.814. The fourth-order valence-electron chi connectivity index (χ4n) is 17.8. The molecule has 13 nitrogen and oxygen atoms in total. The Morgan fingerprint density at radius 3 is 1.00 bits per heavy atom. The summed E-state index contributed by atoms with van der Waals surface area (Å²) in [5.41, 5.74) is 26.9. The molecule has 0 unspecified atom stereocenters. The number of benzene rings is 15. The van der Waals surface area contributed by atoms with E-state index in [1.54, 1.807) is 0 Å². The molecular formula is C115H75N13. The van der Waals surface area contributed by atoms with Gasteiger partial charge in [0.05, 0.1) is 78.3 Å². The maximum absolute atomic E-state index is 5.03. The van der Waals surface area contributed by atoms with Crippen LogP contribution in [0.5, 0.6) is 0 Å². The van der Waals surface area contributed by atoms with Gasteiger partial charge in [0.25, 0.3) is 0 Å². The molecule has 12 aromatic heterocycles. The molecule has 0 radical (unpaired) electrons. The lowest BCUT2D eigenvalue weighted by Gasteiger charge is -2.08. The highest BCUT2D eigenvalue weighted by atomic mass is 15.3. The van der Waals surface area contributed by atoms with E-state index in [1.807, 2.05) is 57.4 Å². The van der Waals surface area contributed by atoms with Crippen molar-refractivity contribution < 1.29 is 0 Å². The molecule has 0 atom stereocenters. The summed E-state index contributed by atoms with van der Waals surface area (Å²) in [7, 11) is 0. The molecule has 27 aromatic rings. The molecule has 0 aliphatic heterocycles. The van der Waals surface area contributed by atoms with Crippen molar-refractivity contribution in [2.75, 3.05) is 0 Å². The quantitative estimate of drug-likeness (QED) is 0.141. The highest BCUT2D eigenvalue weighted by Crippen LogP contribution is 2.37. The predicted molar refractivity (Wildman–Crippen MR) is 525 cm³/mol. The standard InChI is InChI=1S/C33H21N5.C28H18N4.2C27H18N2/c1-2-8-22(9-3-1)31-20-32-28-12-6-7-13-29(28)34-33(38(32)36-31)24-16-14-23(15-17-24)30-19-27-18-25-10-4-5-11-26(25)21-37(27)35-30;1-2-7-23-18-31-25(15-22(23)6-1)17-26(29-31)19-9-11-20(12-10-19)27-16-24-14-13-21-5-3-4-8-28(21)32(24)30-27;1-2-8-23-18-29-24(16-22(23)7-1)17-27(28-29)21-14-12-20(13-15-21)26-11-5-9-19-6-3-4-10-25(19)26;1-2-6-22-15-24(14-11-19(22)5-1)20-9-12-21(13-10-20)27-17-26-16-23-7-3-4-8-25(23)18-29(26)28-27/h1-21H;1-18H;2*1-18H. The topological polar surface area (TPSA) is 117 Å². The molecule has 0 saturated heterocycles. The molecule has 27 rings (SSSR count). The van der Waals surface area contributed by atoms with Crippen LogP contribution in [-0.2, 0) is 0 Å². The summed E-state index contributed by atoms with van der Waals surface area (Å²) in [6.07, 6.45) is 8.36. The Hall–Kier alpha value is -17.6. The Labute approximate surface area is 734 Å². The molecule has 0 saturated carbocycles. The molecule has 128 heavy (non-hydrogen) atoms. The van der Waals surface area contributed by atoms with Gasteiger partial charge in [0, 0.05) is 96.0 Å². The van der Waals surface area contributed by atoms with E-state index in [-0.39, 0.29) is 0 Å². The number of nitrogens with zero attached hydrogens (tertiary/aromatic N) is 13. The SMILES string of the molecule is c1ccc(-c2cc3c4ccccc4nc(-c4ccc(-c5cc6cc7ccccc7cn6n5)cc4)n3n2)cc1.c1ccc2cc(-c3ccc(-c4cc5cc6ccccc6cn5n4)cc3)ccc2c1.c1ccc2cn3nc(-c4ccc(-c5cc6ccc7ccccc7n6n5)cc4)cc3cc2c1.c1ccc2cn3nc(-c4ccc(-c5cccc6ccccc56)cc4)cc3cc2c1. The lowest BCUT2D eigenvalue weighted by Crippen LogP contribution is -1.99. The summed E-state index contributed by atoms with van der Waals surface area (Å²) < 4.78 is 11.8. The van der Waals surface area contributed by atoms with Crippen LogP contribution in [0.25, 0.3) is 221 Å². The Bertz CT molecular complexity index is 8720. The second-order valence-corrected chi connectivity index (χ2v) is 32.5. The van der Waals surface area contributed by atoms with Crippen LogP contribution in [0.15, 0.2) is 455 Å². The van der Waals surface area contributed by atoms with Crippen LogP contribution in [0, 0.1) is 0 Å². The van der Waals surface area contributed by atoms with Gasteiger partial charge in [0.2, 0.25) is 0 Å². The third kappa shape index (κ3) is 14.1. The van der Waals surface area contributed by atoms with Crippen molar-refractivity contribution in [3.8, 4) is 101 Å². The van der Waals surface area contributed by atoms with E-state index in [9.17, 15) is 0 Å². The zero-order valence-corrected chi connectivity index (χ0v) is 69.1. The van der Waals surface area contributed by atoms with Crippen molar-refractivity contribution in [2.45, 2.75) is 0 Å². The number of hydrogen-bond acceptors (Lipinski definition) is 7. The van der Waals surface area contributed by atoms with Crippen LogP contribution in [-0.4, -0.2) is 62.7 Å². The van der Waals surface area contributed by atoms with Gasteiger partial charge in [-0.3, -0.25) is 0 Å². The fraction of sp³-hybridized carbons (Fsp3) is 0. The zero-order valence-electron chi connectivity index (χ0n) is 69.1. The van der Waals surface area contributed by atoms with E-state index < -0.39 is 0 Å². The smallest absolute Gasteiger partial charge is 0.161 e. The van der Waals surface area contributed by atoms with E-state index in [1.165, 1.54) is 92.3 Å². The van der Waals surface area contributed by atoms with E-state index in [2.05, 4.69) is 425 Å². The van der Waals surface area contributed by atoms with Gasteiger partial charge in [-0.2, -0.15) is 30.6 Å². The Balaban J connectivity index is 0.0000000956. The predicted octanol–water partition coefficient (Wildman–Crippen LogP) is 28.3. The molecule has 13 heteroatoms. The molecule has 15 aromatic carbocycles. The summed E-state index contributed by atoms with van der Waals surface area (Å²) in [5.74, 6) is 0.814. The van der Waals surface area contributed by atoms with Crippen molar-refractivity contribution in [2.24, 2.45) is 0 Å². The zero-order chi connectivity index (χ0) is 84.5. The van der Waals surface area contributed by atoms with Gasteiger partial charge in [0.15, 0.2) is 5.82 Å². The molecule has 0 N–H and O–H groups in total. The van der Waals surface area contributed by atoms with Gasteiger partial charge in [-0.1, -0.05) is 346 Å². The molecule has 0 aliphatic carbocycles. The molecule has 12 heterocycles. The highest BCUT2D eigenvalue weighted by Gasteiger charge is 2.19. The number of rotatable bonds is 9. The number of fused-ring (bicyclic) bond motifs is 16. The van der Waals surface area contributed by atoms with Crippen LogP contribution >= 0.6 is 0 Å². The lowest BCUT2D eigenvalue weighted by molar-refractivity contribution is 0.949. The first-order valence-electron chi connectivity index (χ1n) is 42.9. The molecule has 600 valence electrons. The van der Waals surface area contributed by atoms with Crippen LogP contribution in [0.1, 0.15) is 0 Å². The second kappa shape index (κ2) is 31.4.